The van der Waals surface area contributed by atoms with Crippen molar-refractivity contribution in [1.29, 1.82) is 5.26 Å². The zero-order chi connectivity index (χ0) is 12.3. The third-order valence-corrected chi connectivity index (χ3v) is 3.66. The molecule has 1 aliphatic carbocycles. The molecule has 0 spiro atoms. The lowest BCUT2D eigenvalue weighted by Crippen LogP contribution is -2.48. The molecule has 0 unspecified atom stereocenters. The third-order valence-electron chi connectivity index (χ3n) is 3.66. The van der Waals surface area contributed by atoms with E-state index in [-0.39, 0.29) is 12.0 Å². The van der Waals surface area contributed by atoms with Crippen molar-refractivity contribution in [1.82, 2.24) is 10.2 Å². The van der Waals surface area contributed by atoms with E-state index in [1.807, 2.05) is 4.90 Å². The molecule has 2 rings (SSSR count). The molecule has 94 valence electrons. The summed E-state index contributed by atoms with van der Waals surface area (Å²) in [5.41, 5.74) is -0.630. The molecule has 2 aliphatic rings. The van der Waals surface area contributed by atoms with Crippen LogP contribution in [0.5, 0.6) is 0 Å². The van der Waals surface area contributed by atoms with Gasteiger partial charge in [0.25, 0.3) is 0 Å². The van der Waals surface area contributed by atoms with Crippen molar-refractivity contribution in [3.05, 3.63) is 0 Å². The Morgan fingerprint density at radius 2 is 2.24 bits per heavy atom. The highest BCUT2D eigenvalue weighted by atomic mass is 16.3. The van der Waals surface area contributed by atoms with Crippen LogP contribution < -0.4 is 5.32 Å². The molecule has 1 amide bonds. The quantitative estimate of drug-likeness (QED) is 0.724. The molecule has 17 heavy (non-hydrogen) atoms. The second-order valence-electron chi connectivity index (χ2n) is 5.13. The Kier molecular flexibility index (Phi) is 3.65. The molecule has 1 heterocycles. The molecular formula is C12H19N3O2. The van der Waals surface area contributed by atoms with Crippen molar-refractivity contribution in [3.63, 3.8) is 0 Å². The van der Waals surface area contributed by atoms with E-state index in [2.05, 4.69) is 11.4 Å². The van der Waals surface area contributed by atoms with Crippen LogP contribution in [0.1, 0.15) is 32.1 Å². The molecule has 1 saturated carbocycles. The van der Waals surface area contributed by atoms with E-state index in [1.54, 1.807) is 0 Å². The van der Waals surface area contributed by atoms with Crippen LogP contribution in [0.15, 0.2) is 0 Å². The molecular weight excluding hydrogens is 218 g/mol. The van der Waals surface area contributed by atoms with Gasteiger partial charge >= 0.3 is 0 Å². The van der Waals surface area contributed by atoms with Gasteiger partial charge in [-0.3, -0.25) is 9.69 Å². The molecule has 0 radical (unpaired) electrons. The summed E-state index contributed by atoms with van der Waals surface area (Å²) in [6.45, 7) is 1.61. The average Bonchev–Trinajstić information content (AvgIpc) is 2.89. The van der Waals surface area contributed by atoms with Crippen molar-refractivity contribution in [3.8, 4) is 6.07 Å². The number of nitriles is 1. The zero-order valence-corrected chi connectivity index (χ0v) is 9.98. The molecule has 2 fully saturated rings. The van der Waals surface area contributed by atoms with Gasteiger partial charge in [0, 0.05) is 13.1 Å². The maximum Gasteiger partial charge on any atom is 0.235 e. The monoisotopic (exact) mass is 237 g/mol. The fourth-order valence-corrected chi connectivity index (χ4v) is 2.71. The normalized spacial score (nSPS) is 27.9. The zero-order valence-electron chi connectivity index (χ0n) is 9.98. The van der Waals surface area contributed by atoms with Crippen molar-refractivity contribution in [2.24, 2.45) is 0 Å². The first-order chi connectivity index (χ1) is 8.13. The molecule has 0 bridgehead atoms. The number of hydrogen-bond acceptors (Lipinski definition) is 4. The van der Waals surface area contributed by atoms with E-state index in [4.69, 9.17) is 5.26 Å². The van der Waals surface area contributed by atoms with E-state index in [0.717, 1.165) is 38.6 Å². The number of amides is 1. The number of aliphatic hydroxyl groups is 1. The third kappa shape index (κ3) is 2.96. The minimum absolute atomic E-state index is 0.0949. The van der Waals surface area contributed by atoms with Crippen molar-refractivity contribution >= 4 is 5.91 Å². The molecule has 5 nitrogen and oxygen atoms in total. The van der Waals surface area contributed by atoms with Gasteiger partial charge in [-0.1, -0.05) is 0 Å². The summed E-state index contributed by atoms with van der Waals surface area (Å²) < 4.78 is 0. The molecule has 1 atom stereocenters. The lowest BCUT2D eigenvalue weighted by atomic mass is 10.00. The average molecular weight is 237 g/mol. The molecule has 0 aromatic heterocycles. The largest absolute Gasteiger partial charge is 0.392 e. The smallest absolute Gasteiger partial charge is 0.235 e. The number of nitrogens with one attached hydrogen (secondary N) is 1. The first kappa shape index (κ1) is 12.3. The summed E-state index contributed by atoms with van der Waals surface area (Å²) in [6, 6.07) is 2.24. The number of nitrogens with zero attached hydrogens (tertiary/aromatic N) is 2. The van der Waals surface area contributed by atoms with E-state index in [0.29, 0.717) is 13.1 Å². The van der Waals surface area contributed by atoms with Crippen LogP contribution in [0.2, 0.25) is 0 Å². The van der Waals surface area contributed by atoms with Gasteiger partial charge in [0.15, 0.2) is 0 Å². The summed E-state index contributed by atoms with van der Waals surface area (Å²) in [7, 11) is 0. The van der Waals surface area contributed by atoms with Gasteiger partial charge in [0.2, 0.25) is 5.91 Å². The highest BCUT2D eigenvalue weighted by molar-refractivity contribution is 5.79. The number of aliphatic hydroxyl groups excluding tert-OH is 1. The summed E-state index contributed by atoms with van der Waals surface area (Å²) in [5, 5.41) is 21.4. The number of β-amino-alcohol motifs (C(OH)–C–C–N with tert-alkyl or cyclic N) is 1. The predicted octanol–water partition coefficient (Wildman–Crippen LogP) is 0.00558. The molecule has 1 saturated heterocycles. The SMILES string of the molecule is N#CC1(NC(=O)CN2CC[C@@H](O)C2)CCCC1. The minimum atomic E-state index is -0.630. The van der Waals surface area contributed by atoms with Gasteiger partial charge in [-0.15, -0.1) is 0 Å². The van der Waals surface area contributed by atoms with Crippen LogP contribution in [0.3, 0.4) is 0 Å². The molecule has 2 N–H and O–H groups in total. The van der Waals surface area contributed by atoms with Gasteiger partial charge in [0.1, 0.15) is 5.54 Å². The standard InChI is InChI=1S/C12H19N3O2/c13-9-12(4-1-2-5-12)14-11(17)8-15-6-3-10(16)7-15/h10,16H,1-8H2,(H,14,17)/t10-/m1/s1. The van der Waals surface area contributed by atoms with Gasteiger partial charge in [-0.05, 0) is 32.1 Å². The summed E-state index contributed by atoms with van der Waals surface area (Å²) in [5.74, 6) is -0.0949. The Hall–Kier alpha value is -1.12. The molecule has 0 aromatic rings. The summed E-state index contributed by atoms with van der Waals surface area (Å²) >= 11 is 0. The Balaban J connectivity index is 1.83. The lowest BCUT2D eigenvalue weighted by molar-refractivity contribution is -0.123. The van der Waals surface area contributed by atoms with Gasteiger partial charge in [0.05, 0.1) is 18.7 Å². The Morgan fingerprint density at radius 1 is 1.53 bits per heavy atom. The molecule has 1 aliphatic heterocycles. The van der Waals surface area contributed by atoms with Gasteiger partial charge in [-0.2, -0.15) is 5.26 Å². The highest BCUT2D eigenvalue weighted by Crippen LogP contribution is 2.28. The number of likely N-dealkylation sites (tertiary alicyclic amines) is 1. The van der Waals surface area contributed by atoms with Crippen LogP contribution in [0.25, 0.3) is 0 Å². The van der Waals surface area contributed by atoms with Crippen LogP contribution in [-0.2, 0) is 4.79 Å². The predicted molar refractivity (Wildman–Crippen MR) is 62.0 cm³/mol. The Morgan fingerprint density at radius 3 is 2.76 bits per heavy atom. The van der Waals surface area contributed by atoms with Crippen LogP contribution in [0, 0.1) is 11.3 Å². The van der Waals surface area contributed by atoms with E-state index in [9.17, 15) is 9.90 Å². The Bertz CT molecular complexity index is 331. The maximum atomic E-state index is 11.8. The first-order valence-corrected chi connectivity index (χ1v) is 6.26. The van der Waals surface area contributed by atoms with E-state index >= 15 is 0 Å². The van der Waals surface area contributed by atoms with Crippen molar-refractivity contribution in [2.45, 2.75) is 43.7 Å². The second kappa shape index (κ2) is 5.03. The minimum Gasteiger partial charge on any atom is -0.392 e. The summed E-state index contributed by atoms with van der Waals surface area (Å²) in [4.78, 5) is 13.8. The number of rotatable bonds is 3. The molecule has 5 heteroatoms. The Labute approximate surface area is 101 Å². The number of carbonyl (C=O) groups excluding carboxylic acids is 1. The lowest BCUT2D eigenvalue weighted by Gasteiger charge is -2.23. The molecule has 0 aromatic carbocycles. The summed E-state index contributed by atoms with van der Waals surface area (Å²) in [6.07, 6.45) is 3.97. The highest BCUT2D eigenvalue weighted by Gasteiger charge is 2.35. The fraction of sp³-hybridized carbons (Fsp3) is 0.833. The maximum absolute atomic E-state index is 11.8. The topological polar surface area (TPSA) is 76.4 Å². The number of carbonyl (C=O) groups is 1. The number of hydrogen-bond donors (Lipinski definition) is 2. The first-order valence-electron chi connectivity index (χ1n) is 6.26. The van der Waals surface area contributed by atoms with E-state index in [1.165, 1.54) is 0 Å². The van der Waals surface area contributed by atoms with Gasteiger partial charge < -0.3 is 10.4 Å². The van der Waals surface area contributed by atoms with Crippen LogP contribution >= 0.6 is 0 Å². The van der Waals surface area contributed by atoms with Crippen molar-refractivity contribution < 1.29 is 9.90 Å². The van der Waals surface area contributed by atoms with Crippen LogP contribution in [0.4, 0.5) is 0 Å². The fourth-order valence-electron chi connectivity index (χ4n) is 2.71. The van der Waals surface area contributed by atoms with Crippen LogP contribution in [-0.4, -0.2) is 47.2 Å². The van der Waals surface area contributed by atoms with Crippen molar-refractivity contribution in [2.75, 3.05) is 19.6 Å². The second-order valence-corrected chi connectivity index (χ2v) is 5.13. The van der Waals surface area contributed by atoms with Gasteiger partial charge in [-0.25, -0.2) is 0 Å². The van der Waals surface area contributed by atoms with E-state index < -0.39 is 5.54 Å².